The summed E-state index contributed by atoms with van der Waals surface area (Å²) in [6, 6.07) is 2.52. The van der Waals surface area contributed by atoms with E-state index >= 15 is 0 Å². The summed E-state index contributed by atoms with van der Waals surface area (Å²) in [5, 5.41) is 0.497. The number of nitrogens with one attached hydrogen (secondary N) is 1. The van der Waals surface area contributed by atoms with Gasteiger partial charge in [0.15, 0.2) is 5.75 Å². The molecule has 1 aromatic carbocycles. The molecule has 0 spiro atoms. The van der Waals surface area contributed by atoms with Crippen molar-refractivity contribution in [3.05, 3.63) is 52.8 Å². The molecule has 0 radical (unpaired) electrons. The van der Waals surface area contributed by atoms with Gasteiger partial charge < -0.3 is 20.4 Å². The maximum Gasteiger partial charge on any atom is 0.418 e. The van der Waals surface area contributed by atoms with E-state index in [0.29, 0.717) is 23.3 Å². The number of alkyl halides is 3. The minimum Gasteiger partial charge on any atom is -0.489 e. The Morgan fingerprint density at radius 3 is 2.76 bits per heavy atom. The molecule has 8 nitrogen and oxygen atoms in total. The number of H-pyrrole nitrogens is 1. The van der Waals surface area contributed by atoms with E-state index < -0.39 is 11.7 Å². The number of hydrogen-bond donors (Lipinski definition) is 2. The second-order valence-corrected chi connectivity index (χ2v) is 8.35. The highest BCUT2D eigenvalue weighted by Crippen LogP contribution is 2.48. The van der Waals surface area contributed by atoms with Gasteiger partial charge in [0.2, 0.25) is 0 Å². The molecule has 34 heavy (non-hydrogen) atoms. The number of aryl methyl sites for hydroxylation is 1. The Bertz CT molecular complexity index is 1390. The number of aromatic nitrogens is 5. The number of halogens is 4. The lowest BCUT2D eigenvalue weighted by molar-refractivity contribution is -0.137. The standard InChI is InChI=1S/C22H19ClF3N7O/c1-10-5-15(27)32-19(17(10)22(24,25)26)12-6-13-16-20(18(12)23)34-4-3-33(21(16)31-9-30-13)11(2)14-7-28-8-29-14/h5-9,11H,3-4H2,1-2H3,(H2,27,32)(H,28,29). The third-order valence-corrected chi connectivity index (χ3v) is 6.24. The number of benzene rings is 1. The summed E-state index contributed by atoms with van der Waals surface area (Å²) < 4.78 is 47.9. The van der Waals surface area contributed by atoms with Crippen molar-refractivity contribution in [3.63, 3.8) is 0 Å². The van der Waals surface area contributed by atoms with Crippen molar-refractivity contribution >= 4 is 34.1 Å². The number of nitrogens with two attached hydrogens (primary N) is 1. The molecule has 0 saturated carbocycles. The quantitative estimate of drug-likeness (QED) is 0.420. The zero-order valence-corrected chi connectivity index (χ0v) is 18.9. The molecule has 1 unspecified atom stereocenters. The molecule has 3 aromatic heterocycles. The number of anilines is 2. The summed E-state index contributed by atoms with van der Waals surface area (Å²) in [4.78, 5) is 22.0. The largest absolute Gasteiger partial charge is 0.489 e. The highest BCUT2D eigenvalue weighted by Gasteiger charge is 2.38. The summed E-state index contributed by atoms with van der Waals surface area (Å²) in [6.45, 7) is 4.00. The maximum atomic E-state index is 14.0. The number of hydrogen-bond acceptors (Lipinski definition) is 7. The van der Waals surface area contributed by atoms with Gasteiger partial charge in [0, 0.05) is 5.56 Å². The molecule has 176 valence electrons. The van der Waals surface area contributed by atoms with Gasteiger partial charge in [0.05, 0.1) is 58.0 Å². The molecule has 4 aromatic rings. The highest BCUT2D eigenvalue weighted by atomic mass is 35.5. The van der Waals surface area contributed by atoms with Crippen LogP contribution in [-0.4, -0.2) is 38.1 Å². The van der Waals surface area contributed by atoms with Crippen molar-refractivity contribution in [1.82, 2.24) is 24.9 Å². The maximum absolute atomic E-state index is 14.0. The lowest BCUT2D eigenvalue weighted by Gasteiger charge is -2.28. The summed E-state index contributed by atoms with van der Waals surface area (Å²) in [7, 11) is 0. The van der Waals surface area contributed by atoms with Crippen LogP contribution in [0.25, 0.3) is 22.2 Å². The third kappa shape index (κ3) is 3.56. The van der Waals surface area contributed by atoms with E-state index in [9.17, 15) is 13.2 Å². The summed E-state index contributed by atoms with van der Waals surface area (Å²) in [5.74, 6) is 0.714. The first-order valence-electron chi connectivity index (χ1n) is 10.4. The van der Waals surface area contributed by atoms with Gasteiger partial charge >= 0.3 is 6.18 Å². The zero-order chi connectivity index (χ0) is 24.2. The van der Waals surface area contributed by atoms with Gasteiger partial charge in [0.25, 0.3) is 0 Å². The molecule has 4 heterocycles. The first-order chi connectivity index (χ1) is 16.2. The summed E-state index contributed by atoms with van der Waals surface area (Å²) >= 11 is 6.69. The fraction of sp³-hybridized carbons (Fsp3) is 0.273. The molecule has 0 bridgehead atoms. The lowest BCUT2D eigenvalue weighted by Crippen LogP contribution is -2.31. The molecule has 1 aliphatic heterocycles. The second-order valence-electron chi connectivity index (χ2n) is 7.97. The predicted octanol–water partition coefficient (Wildman–Crippen LogP) is 4.94. The van der Waals surface area contributed by atoms with Gasteiger partial charge in [-0.05, 0) is 31.5 Å². The van der Waals surface area contributed by atoms with Crippen LogP contribution in [0, 0.1) is 6.92 Å². The van der Waals surface area contributed by atoms with E-state index in [4.69, 9.17) is 22.1 Å². The van der Waals surface area contributed by atoms with Crippen LogP contribution in [0.2, 0.25) is 5.02 Å². The van der Waals surface area contributed by atoms with Crippen molar-refractivity contribution in [2.75, 3.05) is 23.8 Å². The van der Waals surface area contributed by atoms with Crippen LogP contribution < -0.4 is 15.4 Å². The Hall–Kier alpha value is -3.60. The Balaban J connectivity index is 1.76. The van der Waals surface area contributed by atoms with E-state index in [-0.39, 0.29) is 46.1 Å². The van der Waals surface area contributed by atoms with Crippen molar-refractivity contribution in [2.24, 2.45) is 0 Å². The molecule has 3 N–H and O–H groups in total. The Morgan fingerprint density at radius 1 is 1.26 bits per heavy atom. The van der Waals surface area contributed by atoms with Crippen LogP contribution in [-0.2, 0) is 6.18 Å². The topological polar surface area (TPSA) is 106 Å². The fourth-order valence-corrected chi connectivity index (χ4v) is 4.61. The molecule has 1 aliphatic rings. The van der Waals surface area contributed by atoms with Crippen LogP contribution in [0.1, 0.15) is 29.8 Å². The average Bonchev–Trinajstić information content (AvgIpc) is 3.23. The van der Waals surface area contributed by atoms with E-state index in [2.05, 4.69) is 24.9 Å². The molecule has 12 heteroatoms. The highest BCUT2D eigenvalue weighted by molar-refractivity contribution is 6.36. The first kappa shape index (κ1) is 22.2. The molecular formula is C22H19ClF3N7O. The first-order valence-corrected chi connectivity index (χ1v) is 10.7. The van der Waals surface area contributed by atoms with Crippen LogP contribution in [0.3, 0.4) is 0 Å². The molecular weight excluding hydrogens is 471 g/mol. The van der Waals surface area contributed by atoms with E-state index in [1.54, 1.807) is 12.5 Å². The van der Waals surface area contributed by atoms with Crippen molar-refractivity contribution in [2.45, 2.75) is 26.1 Å². The van der Waals surface area contributed by atoms with Gasteiger partial charge in [-0.15, -0.1) is 0 Å². The van der Waals surface area contributed by atoms with E-state index in [0.717, 1.165) is 5.69 Å². The van der Waals surface area contributed by atoms with Crippen LogP contribution in [0.5, 0.6) is 5.75 Å². The molecule has 0 saturated heterocycles. The van der Waals surface area contributed by atoms with Crippen molar-refractivity contribution < 1.29 is 17.9 Å². The number of ether oxygens (including phenoxy) is 1. The number of nitrogens with zero attached hydrogens (tertiary/aromatic N) is 5. The summed E-state index contributed by atoms with van der Waals surface area (Å²) in [6.07, 6.45) is 0.00418. The Kier molecular flexibility index (Phi) is 5.23. The minimum absolute atomic E-state index is 0.0115. The molecule has 1 atom stereocenters. The number of pyridine rings is 1. The minimum atomic E-state index is -4.67. The Morgan fingerprint density at radius 2 is 2.06 bits per heavy atom. The van der Waals surface area contributed by atoms with Gasteiger partial charge in [-0.25, -0.2) is 19.9 Å². The van der Waals surface area contributed by atoms with E-state index in [1.165, 1.54) is 25.4 Å². The monoisotopic (exact) mass is 489 g/mol. The Labute approximate surface area is 197 Å². The normalized spacial score (nSPS) is 14.7. The van der Waals surface area contributed by atoms with Gasteiger partial charge in [-0.3, -0.25) is 0 Å². The summed E-state index contributed by atoms with van der Waals surface area (Å²) in [5.41, 5.74) is 5.75. The fourth-order valence-electron chi connectivity index (χ4n) is 4.32. The number of aromatic amines is 1. The van der Waals surface area contributed by atoms with Gasteiger partial charge in [0.1, 0.15) is 24.6 Å². The number of rotatable bonds is 3. The third-order valence-electron chi connectivity index (χ3n) is 5.86. The molecule has 0 fully saturated rings. The van der Waals surface area contributed by atoms with Gasteiger partial charge in [-0.2, -0.15) is 13.2 Å². The predicted molar refractivity (Wildman–Crippen MR) is 122 cm³/mol. The number of imidazole rings is 1. The van der Waals surface area contributed by atoms with Crippen LogP contribution >= 0.6 is 11.6 Å². The SMILES string of the molecule is Cc1cc(N)nc(-c2cc3ncnc4c3c(c2Cl)OCCN4C(C)c2cnc[nH]2)c1C(F)(F)F. The van der Waals surface area contributed by atoms with Crippen molar-refractivity contribution in [1.29, 1.82) is 0 Å². The van der Waals surface area contributed by atoms with Crippen LogP contribution in [0.15, 0.2) is 31.0 Å². The average molecular weight is 490 g/mol. The molecule has 0 aliphatic carbocycles. The van der Waals surface area contributed by atoms with Crippen molar-refractivity contribution in [3.8, 4) is 17.0 Å². The molecule has 0 amide bonds. The number of nitrogen functional groups attached to an aromatic ring is 1. The van der Waals surface area contributed by atoms with E-state index in [1.807, 2.05) is 11.8 Å². The van der Waals surface area contributed by atoms with Crippen LogP contribution in [0.4, 0.5) is 24.8 Å². The smallest absolute Gasteiger partial charge is 0.418 e. The lowest BCUT2D eigenvalue weighted by atomic mass is 9.99. The van der Waals surface area contributed by atoms with Gasteiger partial charge in [-0.1, -0.05) is 11.6 Å². The second kappa shape index (κ2) is 8.01. The molecule has 5 rings (SSSR count). The zero-order valence-electron chi connectivity index (χ0n) is 18.1.